The van der Waals surface area contributed by atoms with Gasteiger partial charge in [0.1, 0.15) is 6.04 Å². The minimum atomic E-state index is -2.05. The number of hydrogen-bond donors (Lipinski definition) is 3. The topological polar surface area (TPSA) is 156 Å². The van der Waals surface area contributed by atoms with Crippen LogP contribution in [0.3, 0.4) is 0 Å². The molecule has 1 aromatic rings. The molecule has 0 aromatic heterocycles. The average molecular weight is 706 g/mol. The molecule has 4 amide bonds. The third-order valence-electron chi connectivity index (χ3n) is 10.3. The molecule has 0 aliphatic carbocycles. The number of halogens is 1. The summed E-state index contributed by atoms with van der Waals surface area (Å²) in [6.07, 6.45) is 0.916. The molecule has 8 atom stereocenters. The molecule has 2 aliphatic rings. The van der Waals surface area contributed by atoms with Crippen LogP contribution in [0.5, 0.6) is 0 Å². The lowest BCUT2D eigenvalue weighted by Gasteiger charge is -2.39. The molecule has 2 saturated heterocycles. The second kappa shape index (κ2) is 19.1. The zero-order valence-corrected chi connectivity index (χ0v) is 30.5. The Bertz CT molecular complexity index is 1300. The van der Waals surface area contributed by atoms with E-state index in [1.54, 1.807) is 18.9 Å². The fraction of sp³-hybridized carbons (Fsp3) is 0.694. The van der Waals surface area contributed by atoms with Crippen molar-refractivity contribution in [3.05, 3.63) is 35.9 Å². The quantitative estimate of drug-likeness (QED) is 0.193. The van der Waals surface area contributed by atoms with Gasteiger partial charge in [0.25, 0.3) is 5.91 Å². The van der Waals surface area contributed by atoms with Gasteiger partial charge in [-0.1, -0.05) is 57.5 Å². The van der Waals surface area contributed by atoms with Crippen LogP contribution in [0.25, 0.3) is 0 Å². The number of benzene rings is 1. The highest BCUT2D eigenvalue weighted by Gasteiger charge is 2.44. The third-order valence-corrected chi connectivity index (χ3v) is 10.3. The molecule has 0 radical (unpaired) electrons. The molecular weight excluding hydrogens is 649 g/mol. The van der Waals surface area contributed by atoms with Crippen molar-refractivity contribution >= 4 is 29.6 Å². The Kier molecular flexibility index (Phi) is 15.6. The van der Waals surface area contributed by atoms with Crippen molar-refractivity contribution in [1.82, 2.24) is 25.8 Å². The van der Waals surface area contributed by atoms with Crippen molar-refractivity contribution < 1.29 is 42.6 Å². The largest absolute Gasteiger partial charge is 0.467 e. The Hall–Kier alpha value is -3.62. The van der Waals surface area contributed by atoms with E-state index in [0.29, 0.717) is 32.4 Å². The smallest absolute Gasteiger partial charge is 0.328 e. The summed E-state index contributed by atoms with van der Waals surface area (Å²) in [4.78, 5) is 69.1. The summed E-state index contributed by atoms with van der Waals surface area (Å²) in [6.45, 7) is 6.01. The van der Waals surface area contributed by atoms with Gasteiger partial charge in [-0.05, 0) is 30.9 Å². The minimum Gasteiger partial charge on any atom is -0.467 e. The average Bonchev–Trinajstić information content (AvgIpc) is 3.80. The summed E-state index contributed by atoms with van der Waals surface area (Å²) in [6, 6.07) is 7.48. The Morgan fingerprint density at radius 3 is 2.38 bits per heavy atom. The molecule has 13 nitrogen and oxygen atoms in total. The second-order valence-electron chi connectivity index (χ2n) is 13.5. The lowest BCUT2D eigenvalue weighted by molar-refractivity contribution is -0.148. The zero-order valence-electron chi connectivity index (χ0n) is 30.5. The number of amides is 4. The van der Waals surface area contributed by atoms with Gasteiger partial charge in [0, 0.05) is 47.2 Å². The lowest BCUT2D eigenvalue weighted by Crippen LogP contribution is -2.55. The molecule has 0 bridgehead atoms. The van der Waals surface area contributed by atoms with Gasteiger partial charge >= 0.3 is 5.97 Å². The van der Waals surface area contributed by atoms with Gasteiger partial charge < -0.3 is 40.0 Å². The van der Waals surface area contributed by atoms with E-state index in [4.69, 9.17) is 14.2 Å². The summed E-state index contributed by atoms with van der Waals surface area (Å²) < 4.78 is 31.5. The fourth-order valence-corrected chi connectivity index (χ4v) is 7.11. The van der Waals surface area contributed by atoms with E-state index in [2.05, 4.69) is 16.0 Å². The summed E-state index contributed by atoms with van der Waals surface area (Å²) >= 11 is 0. The molecule has 3 N–H and O–H groups in total. The van der Waals surface area contributed by atoms with Gasteiger partial charge in [-0.25, -0.2) is 9.18 Å². The number of ether oxygens (including phenoxy) is 3. The first-order chi connectivity index (χ1) is 23.8. The number of likely N-dealkylation sites (tertiary alicyclic amines) is 1. The molecule has 2 fully saturated rings. The van der Waals surface area contributed by atoms with E-state index in [-0.39, 0.29) is 44.2 Å². The number of esters is 1. The summed E-state index contributed by atoms with van der Waals surface area (Å²) in [5.74, 6) is -3.21. The number of methoxy groups -OCH3 is 3. The molecule has 0 spiro atoms. The van der Waals surface area contributed by atoms with E-state index in [0.717, 1.165) is 5.56 Å². The first-order valence-corrected chi connectivity index (χ1v) is 17.5. The van der Waals surface area contributed by atoms with Crippen LogP contribution < -0.4 is 16.0 Å². The number of alkyl halides is 1. The Balaban J connectivity index is 1.70. The summed E-state index contributed by atoms with van der Waals surface area (Å²) in [5, 5.41) is 8.10. The van der Waals surface area contributed by atoms with Crippen LogP contribution in [-0.2, 0) is 44.6 Å². The number of rotatable bonds is 18. The highest BCUT2D eigenvalue weighted by molar-refractivity contribution is 5.90. The fourth-order valence-electron chi connectivity index (χ4n) is 7.11. The first-order valence-electron chi connectivity index (χ1n) is 17.5. The van der Waals surface area contributed by atoms with E-state index in [1.807, 2.05) is 44.2 Å². The van der Waals surface area contributed by atoms with E-state index < -0.39 is 65.6 Å². The molecule has 1 aromatic carbocycles. The molecular formula is C36H56FN5O8. The Morgan fingerprint density at radius 2 is 1.80 bits per heavy atom. The van der Waals surface area contributed by atoms with Crippen molar-refractivity contribution in [2.75, 3.05) is 54.6 Å². The zero-order chi connectivity index (χ0) is 37.0. The number of carbonyl (C=O) groups excluding carboxylic acids is 5. The predicted octanol–water partition coefficient (Wildman–Crippen LogP) is 1.63. The minimum absolute atomic E-state index is 0.0379. The summed E-state index contributed by atoms with van der Waals surface area (Å²) in [7, 11) is 5.87. The van der Waals surface area contributed by atoms with Gasteiger partial charge in [0.2, 0.25) is 23.4 Å². The molecule has 3 rings (SSSR count). The number of carbonyl (C=O) groups is 5. The molecule has 2 aliphatic heterocycles. The van der Waals surface area contributed by atoms with Crippen molar-refractivity contribution in [3.8, 4) is 0 Å². The van der Waals surface area contributed by atoms with Crippen LogP contribution >= 0.6 is 0 Å². The van der Waals surface area contributed by atoms with E-state index in [1.165, 1.54) is 26.2 Å². The van der Waals surface area contributed by atoms with Crippen LogP contribution in [0.2, 0.25) is 0 Å². The number of nitrogens with one attached hydrogen (secondary N) is 3. The van der Waals surface area contributed by atoms with Crippen LogP contribution in [0.15, 0.2) is 30.3 Å². The maximum atomic E-state index is 14.9. The summed E-state index contributed by atoms with van der Waals surface area (Å²) in [5.41, 5.74) is -1.19. The van der Waals surface area contributed by atoms with Crippen molar-refractivity contribution in [2.45, 2.75) is 95.3 Å². The molecule has 2 heterocycles. The number of nitrogens with zero attached hydrogens (tertiary/aromatic N) is 2. The molecule has 3 unspecified atom stereocenters. The van der Waals surface area contributed by atoms with Gasteiger partial charge in [0.15, 0.2) is 0 Å². The van der Waals surface area contributed by atoms with E-state index in [9.17, 15) is 28.4 Å². The maximum absolute atomic E-state index is 14.9. The molecule has 14 heteroatoms. The van der Waals surface area contributed by atoms with Crippen molar-refractivity contribution in [2.24, 2.45) is 11.8 Å². The van der Waals surface area contributed by atoms with Crippen LogP contribution in [0.1, 0.15) is 58.4 Å². The van der Waals surface area contributed by atoms with Gasteiger partial charge in [-0.3, -0.25) is 19.2 Å². The van der Waals surface area contributed by atoms with E-state index >= 15 is 0 Å². The molecule has 280 valence electrons. The van der Waals surface area contributed by atoms with Crippen molar-refractivity contribution in [1.29, 1.82) is 0 Å². The Labute approximate surface area is 295 Å². The second-order valence-corrected chi connectivity index (χ2v) is 13.5. The van der Waals surface area contributed by atoms with Gasteiger partial charge in [-0.15, -0.1) is 0 Å². The third kappa shape index (κ3) is 10.2. The normalized spacial score (nSPS) is 22.5. The molecule has 0 saturated carbocycles. The monoisotopic (exact) mass is 705 g/mol. The van der Waals surface area contributed by atoms with Crippen LogP contribution in [-0.4, -0.2) is 130 Å². The predicted molar refractivity (Wildman–Crippen MR) is 185 cm³/mol. The lowest BCUT2D eigenvalue weighted by atomic mass is 9.90. The first kappa shape index (κ1) is 40.8. The van der Waals surface area contributed by atoms with Crippen LogP contribution in [0.4, 0.5) is 4.39 Å². The van der Waals surface area contributed by atoms with Crippen molar-refractivity contribution in [3.63, 3.8) is 0 Å². The highest BCUT2D eigenvalue weighted by atomic mass is 19.1. The van der Waals surface area contributed by atoms with Gasteiger partial charge in [0.05, 0.1) is 50.3 Å². The number of likely N-dealkylation sites (N-methyl/N-ethyl adjacent to an activating group) is 1. The standard InChI is InChI=1S/C36H56FN5O8/c1-8-23(2)31(41(4)30(44)21-39-35(47)36(37)16-17-38-22-36)28(48-5)20-29(43)42-18-12-15-27(42)32(49-6)24(3)33(45)40-26(34(46)50-7)19-25-13-10-9-11-14-25/h9-11,13-14,23-24,26-28,31-32,38H,8,12,15-22H2,1-7H3,(H,39,47)(H,40,45)/t23-,24+,26-,27?,28+,31?,32+,36?/m0/s1. The SMILES string of the molecule is CC[C@H](C)C([C@@H](CC(=O)N1CCCC1[C@H](OC)[C@@H](C)C(=O)N[C@@H](Cc1ccccc1)C(=O)OC)OC)N(C)C(=O)CNC(=O)C1(F)CCNC1. The maximum Gasteiger partial charge on any atom is 0.328 e. The molecule has 50 heavy (non-hydrogen) atoms. The van der Waals surface area contributed by atoms with Gasteiger partial charge in [-0.2, -0.15) is 0 Å². The highest BCUT2D eigenvalue weighted by Crippen LogP contribution is 2.29. The van der Waals surface area contributed by atoms with Crippen LogP contribution in [0, 0.1) is 11.8 Å². The number of hydrogen-bond acceptors (Lipinski definition) is 9. The Morgan fingerprint density at radius 1 is 1.10 bits per heavy atom.